The number of nitrogens with one attached hydrogen (secondary N) is 3. The topological polar surface area (TPSA) is 201 Å². The summed E-state index contributed by atoms with van der Waals surface area (Å²) < 4.78 is 0. The molecule has 0 aliphatic rings. The molecule has 0 spiro atoms. The smallest absolute Gasteiger partial charge is 0.305 e. The summed E-state index contributed by atoms with van der Waals surface area (Å²) in [6.07, 6.45) is 1.31. The van der Waals surface area contributed by atoms with Crippen molar-refractivity contribution in [2.24, 2.45) is 11.5 Å². The van der Waals surface area contributed by atoms with Gasteiger partial charge in [0, 0.05) is 30.6 Å². The van der Waals surface area contributed by atoms with Crippen molar-refractivity contribution < 1.29 is 29.1 Å². The molecule has 224 valence electrons. The Balaban J connectivity index is 1.38. The van der Waals surface area contributed by atoms with E-state index in [0.29, 0.717) is 0 Å². The number of carboxylic acids is 1. The number of likely N-dealkylation sites (N-methyl/N-ethyl adjacent to an activating group) is 1. The first kappa shape index (κ1) is 30.7. The zero-order valence-electron chi connectivity index (χ0n) is 23.6. The predicted octanol–water partition coefficient (Wildman–Crippen LogP) is 0.822. The number of fused-ring (bicyclic) bond motifs is 2. The van der Waals surface area contributed by atoms with E-state index in [4.69, 9.17) is 11.5 Å². The Bertz CT molecular complexity index is 1660. The molecule has 4 rings (SSSR count). The molecule has 1 heterocycles. The summed E-state index contributed by atoms with van der Waals surface area (Å²) in [7, 11) is 1.39. The minimum absolute atomic E-state index is 0.0573. The third-order valence-corrected chi connectivity index (χ3v) is 7.18. The number of primary amides is 1. The molecule has 0 bridgehead atoms. The molecule has 4 aromatic rings. The average Bonchev–Trinajstić information content (AvgIpc) is 3.38. The molecule has 1 unspecified atom stereocenters. The molecule has 0 fully saturated rings. The number of aliphatic carboxylic acids is 1. The van der Waals surface area contributed by atoms with Gasteiger partial charge in [0.05, 0.1) is 19.0 Å². The van der Waals surface area contributed by atoms with E-state index in [1.165, 1.54) is 7.05 Å². The van der Waals surface area contributed by atoms with Crippen LogP contribution in [0.3, 0.4) is 0 Å². The lowest BCUT2D eigenvalue weighted by Gasteiger charge is -2.24. The molecule has 0 aliphatic heterocycles. The standard InChI is InChI=1S/C31H34N6O6/c1-37(31(43)23(32)13-20-16-34-24-12-5-4-11-22(20)24)17-27(38)35-26(15-28(39)40)30(42)36-25(29(33)41)14-19-9-6-8-18-7-2-3-10-21(18)19/h2-12,16,23,25-26,34H,13-15,17,32H2,1H3,(H2,33,41)(H,35,38)(H,36,42)(H,39,40)/t23-,25?,26-/m0/s1. The number of aromatic amines is 1. The first-order valence-electron chi connectivity index (χ1n) is 13.7. The second-order valence-electron chi connectivity index (χ2n) is 10.4. The minimum Gasteiger partial charge on any atom is -0.481 e. The van der Waals surface area contributed by atoms with Gasteiger partial charge >= 0.3 is 5.97 Å². The van der Waals surface area contributed by atoms with Crippen molar-refractivity contribution in [1.82, 2.24) is 20.5 Å². The Morgan fingerprint density at radius 1 is 0.860 bits per heavy atom. The fraction of sp³-hybridized carbons (Fsp3) is 0.258. The quantitative estimate of drug-likeness (QED) is 0.133. The summed E-state index contributed by atoms with van der Waals surface area (Å²) in [4.78, 5) is 66.8. The molecular weight excluding hydrogens is 552 g/mol. The second-order valence-corrected chi connectivity index (χ2v) is 10.4. The van der Waals surface area contributed by atoms with Crippen LogP contribution in [-0.4, -0.2) is 76.3 Å². The average molecular weight is 587 g/mol. The molecule has 8 N–H and O–H groups in total. The zero-order chi connectivity index (χ0) is 31.1. The van der Waals surface area contributed by atoms with Crippen molar-refractivity contribution in [3.63, 3.8) is 0 Å². The highest BCUT2D eigenvalue weighted by Gasteiger charge is 2.29. The van der Waals surface area contributed by atoms with Crippen LogP contribution >= 0.6 is 0 Å². The maximum atomic E-state index is 13.1. The number of hydrogen-bond donors (Lipinski definition) is 6. The number of aromatic nitrogens is 1. The van der Waals surface area contributed by atoms with Crippen molar-refractivity contribution >= 4 is 51.3 Å². The van der Waals surface area contributed by atoms with Crippen molar-refractivity contribution in [2.45, 2.75) is 37.4 Å². The van der Waals surface area contributed by atoms with Crippen LogP contribution in [0.1, 0.15) is 17.5 Å². The number of carboxylic acid groups (broad SMARTS) is 1. The third-order valence-electron chi connectivity index (χ3n) is 7.18. The van der Waals surface area contributed by atoms with Gasteiger partial charge in [0.25, 0.3) is 0 Å². The lowest BCUT2D eigenvalue weighted by atomic mass is 9.98. The lowest BCUT2D eigenvalue weighted by Crippen LogP contribution is -2.55. The largest absolute Gasteiger partial charge is 0.481 e. The van der Waals surface area contributed by atoms with Crippen molar-refractivity contribution in [3.05, 3.63) is 84.1 Å². The summed E-state index contributed by atoms with van der Waals surface area (Å²) in [5.41, 5.74) is 14.2. The van der Waals surface area contributed by atoms with Crippen molar-refractivity contribution in [1.29, 1.82) is 0 Å². The number of hydrogen-bond acceptors (Lipinski definition) is 6. The highest BCUT2D eigenvalue weighted by Crippen LogP contribution is 2.20. The van der Waals surface area contributed by atoms with Gasteiger partial charge in [-0.3, -0.25) is 24.0 Å². The molecule has 43 heavy (non-hydrogen) atoms. The summed E-state index contributed by atoms with van der Waals surface area (Å²) >= 11 is 0. The Labute approximate surface area is 247 Å². The van der Waals surface area contributed by atoms with Gasteiger partial charge < -0.3 is 37.1 Å². The molecule has 3 atom stereocenters. The SMILES string of the molecule is CN(CC(=O)N[C@@H](CC(=O)O)C(=O)NC(Cc1cccc2ccccc12)C(N)=O)C(=O)[C@@H](N)Cc1c[nH]c2ccccc12. The Morgan fingerprint density at radius 2 is 1.53 bits per heavy atom. The molecule has 0 saturated heterocycles. The summed E-state index contributed by atoms with van der Waals surface area (Å²) in [6.45, 7) is -0.473. The molecule has 0 saturated carbocycles. The van der Waals surface area contributed by atoms with Crippen LogP contribution < -0.4 is 22.1 Å². The third kappa shape index (κ3) is 7.74. The van der Waals surface area contributed by atoms with E-state index in [1.807, 2.05) is 60.7 Å². The molecular formula is C31H34N6O6. The van der Waals surface area contributed by atoms with Gasteiger partial charge in [0.1, 0.15) is 12.1 Å². The minimum atomic E-state index is -1.53. The summed E-state index contributed by atoms with van der Waals surface area (Å²) in [5, 5.41) is 17.0. The Hall–Kier alpha value is -5.23. The first-order valence-corrected chi connectivity index (χ1v) is 13.7. The Kier molecular flexibility index (Phi) is 9.73. The van der Waals surface area contributed by atoms with Crippen LogP contribution in [-0.2, 0) is 36.8 Å². The van der Waals surface area contributed by atoms with Crippen LogP contribution in [0.25, 0.3) is 21.7 Å². The van der Waals surface area contributed by atoms with E-state index in [-0.39, 0.29) is 12.8 Å². The normalized spacial score (nSPS) is 13.2. The van der Waals surface area contributed by atoms with E-state index in [0.717, 1.165) is 37.7 Å². The van der Waals surface area contributed by atoms with Gasteiger partial charge in [-0.25, -0.2) is 0 Å². The number of amides is 4. The molecule has 12 heteroatoms. The number of carbonyl (C=O) groups is 5. The molecule has 12 nitrogen and oxygen atoms in total. The molecule has 0 radical (unpaired) electrons. The van der Waals surface area contributed by atoms with E-state index in [9.17, 15) is 29.1 Å². The molecule has 0 aliphatic carbocycles. The number of nitrogens with two attached hydrogens (primary N) is 2. The maximum Gasteiger partial charge on any atom is 0.305 e. The number of para-hydroxylation sites is 1. The highest BCUT2D eigenvalue weighted by molar-refractivity contribution is 5.95. The van der Waals surface area contributed by atoms with Crippen molar-refractivity contribution in [2.75, 3.05) is 13.6 Å². The van der Waals surface area contributed by atoms with E-state index in [2.05, 4.69) is 15.6 Å². The number of nitrogens with zero attached hydrogens (tertiary/aromatic N) is 1. The zero-order valence-corrected chi connectivity index (χ0v) is 23.6. The molecule has 4 amide bonds. The summed E-state index contributed by atoms with van der Waals surface area (Å²) in [6, 6.07) is 17.0. The van der Waals surface area contributed by atoms with Gasteiger partial charge in [-0.2, -0.15) is 0 Å². The molecule has 1 aromatic heterocycles. The van der Waals surface area contributed by atoms with Crippen LogP contribution in [0.4, 0.5) is 0 Å². The fourth-order valence-electron chi connectivity index (χ4n) is 5.01. The van der Waals surface area contributed by atoms with Crippen LogP contribution in [0, 0.1) is 0 Å². The fourth-order valence-corrected chi connectivity index (χ4v) is 5.01. The van der Waals surface area contributed by atoms with Gasteiger partial charge in [0.2, 0.25) is 23.6 Å². The van der Waals surface area contributed by atoms with Gasteiger partial charge in [-0.15, -0.1) is 0 Å². The van der Waals surface area contributed by atoms with E-state index >= 15 is 0 Å². The first-order chi connectivity index (χ1) is 20.5. The number of benzene rings is 3. The van der Waals surface area contributed by atoms with E-state index < -0.39 is 60.7 Å². The number of carbonyl (C=O) groups excluding carboxylic acids is 4. The highest BCUT2D eigenvalue weighted by atomic mass is 16.4. The molecule has 3 aromatic carbocycles. The van der Waals surface area contributed by atoms with Gasteiger partial charge in [-0.1, -0.05) is 60.7 Å². The Morgan fingerprint density at radius 3 is 2.26 bits per heavy atom. The van der Waals surface area contributed by atoms with E-state index in [1.54, 1.807) is 12.3 Å². The van der Waals surface area contributed by atoms with Crippen LogP contribution in [0.15, 0.2) is 72.9 Å². The number of rotatable bonds is 13. The number of H-pyrrole nitrogens is 1. The second kappa shape index (κ2) is 13.6. The summed E-state index contributed by atoms with van der Waals surface area (Å²) in [5.74, 6) is -4.36. The van der Waals surface area contributed by atoms with Gasteiger partial charge in [-0.05, 0) is 34.4 Å². The lowest BCUT2D eigenvalue weighted by molar-refractivity contribution is -0.141. The van der Waals surface area contributed by atoms with Crippen LogP contribution in [0.2, 0.25) is 0 Å². The predicted molar refractivity (Wildman–Crippen MR) is 161 cm³/mol. The maximum absolute atomic E-state index is 13.1. The van der Waals surface area contributed by atoms with Gasteiger partial charge in [0.15, 0.2) is 0 Å². The van der Waals surface area contributed by atoms with Crippen LogP contribution in [0.5, 0.6) is 0 Å². The van der Waals surface area contributed by atoms with Crippen molar-refractivity contribution in [3.8, 4) is 0 Å². The monoisotopic (exact) mass is 586 g/mol.